The van der Waals surface area contributed by atoms with Crippen molar-refractivity contribution in [2.75, 3.05) is 0 Å². The Morgan fingerprint density at radius 3 is 1.87 bits per heavy atom. The number of benzene rings is 8. The smallest absolute Gasteiger partial charge is 0.164 e. The van der Waals surface area contributed by atoms with Gasteiger partial charge in [0, 0.05) is 53.0 Å². The summed E-state index contributed by atoms with van der Waals surface area (Å²) >= 11 is 1.82. The zero-order chi connectivity index (χ0) is 34.2. The molecule has 0 N–H and O–H groups in total. The van der Waals surface area contributed by atoms with Crippen molar-refractivity contribution < 1.29 is 4.42 Å². The van der Waals surface area contributed by atoms with Gasteiger partial charge in [0.2, 0.25) is 0 Å². The van der Waals surface area contributed by atoms with E-state index in [0.29, 0.717) is 17.5 Å². The van der Waals surface area contributed by atoms with Gasteiger partial charge in [-0.25, -0.2) is 15.0 Å². The average Bonchev–Trinajstić information content (AvgIpc) is 3.79. The average molecular weight is 682 g/mol. The lowest BCUT2D eigenvalue weighted by Crippen LogP contribution is -2.00. The molecule has 5 heteroatoms. The lowest BCUT2D eigenvalue weighted by Gasteiger charge is -2.09. The minimum absolute atomic E-state index is 0.619. The number of furan rings is 1. The van der Waals surface area contributed by atoms with Gasteiger partial charge >= 0.3 is 0 Å². The van der Waals surface area contributed by atoms with E-state index in [1.165, 1.54) is 36.7 Å². The van der Waals surface area contributed by atoms with Crippen LogP contribution in [0.5, 0.6) is 0 Å². The van der Waals surface area contributed by atoms with Crippen LogP contribution in [0, 0.1) is 0 Å². The van der Waals surface area contributed by atoms with E-state index >= 15 is 0 Å². The molecule has 0 saturated heterocycles. The summed E-state index contributed by atoms with van der Waals surface area (Å²) in [6.45, 7) is 0. The molecule has 0 aliphatic carbocycles. The van der Waals surface area contributed by atoms with E-state index in [1.807, 2.05) is 17.4 Å². The van der Waals surface area contributed by atoms with Crippen molar-refractivity contribution >= 4 is 75.0 Å². The predicted molar refractivity (Wildman–Crippen MR) is 217 cm³/mol. The zero-order valence-electron chi connectivity index (χ0n) is 27.7. The number of aromatic nitrogens is 3. The van der Waals surface area contributed by atoms with Crippen molar-refractivity contribution in [3.63, 3.8) is 0 Å². The Labute approximate surface area is 302 Å². The monoisotopic (exact) mass is 681 g/mol. The normalized spacial score (nSPS) is 11.8. The minimum Gasteiger partial charge on any atom is -0.455 e. The summed E-state index contributed by atoms with van der Waals surface area (Å²) in [4.78, 5) is 15.4. The number of rotatable bonds is 4. The van der Waals surface area contributed by atoms with E-state index in [4.69, 9.17) is 19.4 Å². The van der Waals surface area contributed by atoms with Crippen LogP contribution in [0.25, 0.3) is 109 Å². The molecule has 52 heavy (non-hydrogen) atoms. The van der Waals surface area contributed by atoms with Crippen LogP contribution in [-0.2, 0) is 0 Å². The molecule has 11 aromatic rings. The predicted octanol–water partition coefficient (Wildman–Crippen LogP) is 13.1. The first-order chi connectivity index (χ1) is 25.7. The fraction of sp³-hybridized carbons (Fsp3) is 0. The maximum atomic E-state index is 6.43. The van der Waals surface area contributed by atoms with Crippen molar-refractivity contribution in [3.8, 4) is 45.3 Å². The quantitative estimate of drug-likeness (QED) is 0.185. The Kier molecular flexibility index (Phi) is 6.39. The number of thiophene rings is 1. The Morgan fingerprint density at radius 1 is 0.385 bits per heavy atom. The summed E-state index contributed by atoms with van der Waals surface area (Å²) in [5, 5.41) is 9.18. The highest BCUT2D eigenvalue weighted by molar-refractivity contribution is 7.26. The number of nitrogens with zero attached hydrogens (tertiary/aromatic N) is 3. The molecule has 0 aliphatic heterocycles. The summed E-state index contributed by atoms with van der Waals surface area (Å²) in [7, 11) is 0. The third kappa shape index (κ3) is 4.64. The SMILES string of the molecule is c1ccc(-c2cccc3c2sc2cc(-c4nc(-c5ccc6ccccc6c5)nc(-c5ccc6oc7c8ccccc8ccc7c6c5)n4)ccc23)cc1. The lowest BCUT2D eigenvalue weighted by molar-refractivity contribution is 0.672. The molecule has 0 saturated carbocycles. The zero-order valence-corrected chi connectivity index (χ0v) is 28.6. The van der Waals surface area contributed by atoms with Crippen LogP contribution in [0.3, 0.4) is 0 Å². The van der Waals surface area contributed by atoms with Crippen LogP contribution >= 0.6 is 11.3 Å². The fourth-order valence-electron chi connectivity index (χ4n) is 7.52. The first kappa shape index (κ1) is 29.1. The third-order valence-electron chi connectivity index (χ3n) is 10.1. The Morgan fingerprint density at radius 2 is 1.02 bits per heavy atom. The van der Waals surface area contributed by atoms with E-state index in [2.05, 4.69) is 158 Å². The molecule has 3 aromatic heterocycles. The van der Waals surface area contributed by atoms with Gasteiger partial charge in [0.25, 0.3) is 0 Å². The number of hydrogen-bond acceptors (Lipinski definition) is 5. The van der Waals surface area contributed by atoms with Crippen molar-refractivity contribution in [2.45, 2.75) is 0 Å². The van der Waals surface area contributed by atoms with Gasteiger partial charge in [-0.2, -0.15) is 0 Å². The molecule has 0 amide bonds. The van der Waals surface area contributed by atoms with Gasteiger partial charge in [-0.3, -0.25) is 0 Å². The van der Waals surface area contributed by atoms with Gasteiger partial charge in [-0.15, -0.1) is 11.3 Å². The van der Waals surface area contributed by atoms with Crippen LogP contribution in [0.4, 0.5) is 0 Å². The second-order valence-electron chi connectivity index (χ2n) is 13.2. The van der Waals surface area contributed by atoms with Crippen LogP contribution in [-0.4, -0.2) is 15.0 Å². The topological polar surface area (TPSA) is 51.8 Å². The Balaban J connectivity index is 1.10. The first-order valence-corrected chi connectivity index (χ1v) is 18.2. The standard InChI is InChI=1S/C47H27N3OS/c1-2-10-29(11-3-1)36-15-8-16-39-37-22-20-34(27-42(37)52-44(36)39)47-49-45(32-18-17-28-9-4-5-13-31(28)25-32)48-46(50-47)33-21-24-41-40(26-33)38-23-19-30-12-6-7-14-35(30)43(38)51-41/h1-27H. The van der Waals surface area contributed by atoms with Gasteiger partial charge in [-0.1, -0.05) is 127 Å². The molecule has 0 aliphatic rings. The minimum atomic E-state index is 0.619. The van der Waals surface area contributed by atoms with Gasteiger partial charge in [0.1, 0.15) is 11.2 Å². The second-order valence-corrected chi connectivity index (χ2v) is 14.3. The van der Waals surface area contributed by atoms with Crippen molar-refractivity contribution in [1.82, 2.24) is 15.0 Å². The summed E-state index contributed by atoms with van der Waals surface area (Å²) in [6.07, 6.45) is 0. The molecule has 0 unspecified atom stereocenters. The van der Waals surface area contributed by atoms with Gasteiger partial charge < -0.3 is 4.42 Å². The van der Waals surface area contributed by atoms with E-state index in [9.17, 15) is 0 Å². The van der Waals surface area contributed by atoms with E-state index < -0.39 is 0 Å². The van der Waals surface area contributed by atoms with E-state index in [0.717, 1.165) is 54.8 Å². The molecule has 0 fully saturated rings. The fourth-order valence-corrected chi connectivity index (χ4v) is 8.80. The van der Waals surface area contributed by atoms with Crippen molar-refractivity contribution in [1.29, 1.82) is 0 Å². The van der Waals surface area contributed by atoms with Crippen LogP contribution in [0.1, 0.15) is 0 Å². The molecule has 11 rings (SSSR count). The molecule has 242 valence electrons. The number of hydrogen-bond donors (Lipinski definition) is 0. The summed E-state index contributed by atoms with van der Waals surface area (Å²) in [5.74, 6) is 1.89. The van der Waals surface area contributed by atoms with E-state index in [1.54, 1.807) is 0 Å². The summed E-state index contributed by atoms with van der Waals surface area (Å²) < 4.78 is 8.91. The molecule has 8 aromatic carbocycles. The molecular weight excluding hydrogens is 655 g/mol. The van der Waals surface area contributed by atoms with Crippen LogP contribution < -0.4 is 0 Å². The summed E-state index contributed by atoms with van der Waals surface area (Å²) in [5.41, 5.74) is 7.00. The summed E-state index contributed by atoms with van der Waals surface area (Å²) in [6, 6.07) is 57.5. The lowest BCUT2D eigenvalue weighted by atomic mass is 10.0. The molecule has 0 atom stereocenters. The third-order valence-corrected chi connectivity index (χ3v) is 11.3. The molecule has 0 radical (unpaired) electrons. The molecule has 3 heterocycles. The van der Waals surface area contributed by atoms with Crippen LogP contribution in [0.2, 0.25) is 0 Å². The molecular formula is C47H27N3OS. The second kappa shape index (κ2) is 11.4. The molecule has 0 bridgehead atoms. The van der Waals surface area contributed by atoms with Gasteiger partial charge in [0.15, 0.2) is 17.5 Å². The highest BCUT2D eigenvalue weighted by Crippen LogP contribution is 2.42. The maximum absolute atomic E-state index is 6.43. The highest BCUT2D eigenvalue weighted by Gasteiger charge is 2.17. The Bertz CT molecular complexity index is 3200. The maximum Gasteiger partial charge on any atom is 0.164 e. The highest BCUT2D eigenvalue weighted by atomic mass is 32.1. The van der Waals surface area contributed by atoms with Crippen molar-refractivity contribution in [3.05, 3.63) is 164 Å². The largest absolute Gasteiger partial charge is 0.455 e. The number of fused-ring (bicyclic) bond motifs is 9. The first-order valence-electron chi connectivity index (χ1n) is 17.3. The molecule has 4 nitrogen and oxygen atoms in total. The molecule has 0 spiro atoms. The van der Waals surface area contributed by atoms with Crippen LogP contribution in [0.15, 0.2) is 168 Å². The van der Waals surface area contributed by atoms with E-state index in [-0.39, 0.29) is 0 Å². The van der Waals surface area contributed by atoms with Gasteiger partial charge in [-0.05, 0) is 63.7 Å². The van der Waals surface area contributed by atoms with Crippen molar-refractivity contribution in [2.24, 2.45) is 0 Å². The Hall–Kier alpha value is -6.69. The van der Waals surface area contributed by atoms with Gasteiger partial charge in [0.05, 0.1) is 0 Å².